The minimum Gasteiger partial charge on any atom is -0.391 e. The van der Waals surface area contributed by atoms with Crippen LogP contribution in [0.5, 0.6) is 0 Å². The Morgan fingerprint density at radius 3 is 2.57 bits per heavy atom. The lowest BCUT2D eigenvalue weighted by molar-refractivity contribution is 0.112. The van der Waals surface area contributed by atoms with Gasteiger partial charge in [-0.3, -0.25) is 0 Å². The summed E-state index contributed by atoms with van der Waals surface area (Å²) >= 11 is 0. The molecule has 6 heteroatoms. The molecule has 2 fully saturated rings. The third kappa shape index (κ3) is 3.99. The van der Waals surface area contributed by atoms with Gasteiger partial charge in [-0.15, -0.1) is 0 Å². The van der Waals surface area contributed by atoms with Crippen molar-refractivity contribution in [2.45, 2.75) is 37.8 Å². The van der Waals surface area contributed by atoms with E-state index in [0.29, 0.717) is 0 Å². The molecule has 1 aromatic rings. The van der Waals surface area contributed by atoms with E-state index in [9.17, 15) is 18.7 Å². The van der Waals surface area contributed by atoms with Crippen LogP contribution in [0.3, 0.4) is 0 Å². The Labute approximate surface area is 134 Å². The highest BCUT2D eigenvalue weighted by Crippen LogP contribution is 2.42. The number of carbonyl (C=O) groups excluding carboxylic acids is 1. The molecule has 0 aromatic heterocycles. The van der Waals surface area contributed by atoms with E-state index in [2.05, 4.69) is 5.32 Å². The van der Waals surface area contributed by atoms with Crippen molar-refractivity contribution in [3.8, 4) is 0 Å². The predicted octanol–water partition coefficient (Wildman–Crippen LogP) is 2.83. The fraction of sp³-hybridized carbons (Fsp3) is 0.588. The minimum atomic E-state index is -0.529. The number of likely N-dealkylation sites (N-methyl/N-ethyl adjacent to an activating group) is 1. The number of hydrogen-bond acceptors (Lipinski definition) is 2. The van der Waals surface area contributed by atoms with Crippen LogP contribution < -0.4 is 5.32 Å². The summed E-state index contributed by atoms with van der Waals surface area (Å²) < 4.78 is 27.4. The van der Waals surface area contributed by atoms with E-state index in [4.69, 9.17) is 0 Å². The van der Waals surface area contributed by atoms with E-state index in [1.165, 1.54) is 4.90 Å². The molecule has 0 radical (unpaired) electrons. The predicted molar refractivity (Wildman–Crippen MR) is 81.7 cm³/mol. The van der Waals surface area contributed by atoms with Crippen LogP contribution in [0.1, 0.15) is 37.3 Å². The van der Waals surface area contributed by atoms with Crippen molar-refractivity contribution in [3.05, 3.63) is 35.4 Å². The van der Waals surface area contributed by atoms with Crippen LogP contribution in [0.4, 0.5) is 13.6 Å². The zero-order chi connectivity index (χ0) is 16.6. The van der Waals surface area contributed by atoms with Crippen molar-refractivity contribution in [2.24, 2.45) is 11.8 Å². The lowest BCUT2D eigenvalue weighted by Crippen LogP contribution is -2.43. The first-order valence-electron chi connectivity index (χ1n) is 8.10. The third-order valence-corrected chi connectivity index (χ3v) is 4.64. The van der Waals surface area contributed by atoms with Crippen molar-refractivity contribution >= 4 is 6.03 Å². The average molecular weight is 324 g/mol. The lowest BCUT2D eigenvalue weighted by Gasteiger charge is -2.25. The highest BCUT2D eigenvalue weighted by molar-refractivity contribution is 5.74. The van der Waals surface area contributed by atoms with Gasteiger partial charge in [-0.25, -0.2) is 13.6 Å². The first-order chi connectivity index (χ1) is 11.0. The second-order valence-electron chi connectivity index (χ2n) is 6.72. The van der Waals surface area contributed by atoms with Crippen molar-refractivity contribution < 1.29 is 18.7 Å². The Balaban J connectivity index is 1.67. The highest BCUT2D eigenvalue weighted by Gasteiger charge is 2.36. The molecule has 2 amide bonds. The second-order valence-corrected chi connectivity index (χ2v) is 6.72. The summed E-state index contributed by atoms with van der Waals surface area (Å²) in [6.07, 6.45) is 3.24. The molecule has 4 nitrogen and oxygen atoms in total. The number of aliphatic hydroxyl groups excluding tert-OH is 1. The summed E-state index contributed by atoms with van der Waals surface area (Å²) in [5.41, 5.74) is 0.192. The number of carbonyl (C=O) groups is 1. The highest BCUT2D eigenvalue weighted by atomic mass is 19.1. The van der Waals surface area contributed by atoms with Crippen LogP contribution in [0, 0.1) is 23.5 Å². The fourth-order valence-electron chi connectivity index (χ4n) is 2.87. The zero-order valence-electron chi connectivity index (χ0n) is 13.1. The summed E-state index contributed by atoms with van der Waals surface area (Å²) in [5.74, 6) is -0.606. The molecule has 0 aliphatic heterocycles. The van der Waals surface area contributed by atoms with E-state index in [1.807, 2.05) is 0 Å². The zero-order valence-corrected chi connectivity index (χ0v) is 13.1. The Bertz CT molecular complexity index is 588. The van der Waals surface area contributed by atoms with E-state index >= 15 is 0 Å². The molecule has 0 unspecified atom stereocenters. The minimum absolute atomic E-state index is 0.136. The van der Waals surface area contributed by atoms with Crippen LogP contribution in [-0.4, -0.2) is 35.7 Å². The Hall–Kier alpha value is -1.69. The average Bonchev–Trinajstić information content (AvgIpc) is 3.39. The van der Waals surface area contributed by atoms with E-state index in [0.717, 1.165) is 43.9 Å². The normalized spacial score (nSPS) is 20.0. The molecule has 0 bridgehead atoms. The van der Waals surface area contributed by atoms with E-state index < -0.39 is 23.8 Å². The summed E-state index contributed by atoms with van der Waals surface area (Å²) in [7, 11) is 1.60. The number of urea groups is 1. The van der Waals surface area contributed by atoms with Crippen molar-refractivity contribution in [1.82, 2.24) is 10.2 Å². The fourth-order valence-corrected chi connectivity index (χ4v) is 2.87. The van der Waals surface area contributed by atoms with Gasteiger partial charge in [0.05, 0.1) is 12.1 Å². The molecular weight excluding hydrogens is 302 g/mol. The molecule has 0 saturated heterocycles. The molecule has 2 aliphatic carbocycles. The monoisotopic (exact) mass is 324 g/mol. The van der Waals surface area contributed by atoms with Crippen LogP contribution in [0.25, 0.3) is 0 Å². The maximum atomic E-state index is 14.0. The topological polar surface area (TPSA) is 52.6 Å². The van der Waals surface area contributed by atoms with E-state index in [-0.39, 0.29) is 30.0 Å². The van der Waals surface area contributed by atoms with Gasteiger partial charge < -0.3 is 15.3 Å². The third-order valence-electron chi connectivity index (χ3n) is 4.64. The summed E-state index contributed by atoms with van der Waals surface area (Å²) in [5, 5.41) is 12.7. The number of amides is 2. The quantitative estimate of drug-likeness (QED) is 0.845. The van der Waals surface area contributed by atoms with Gasteiger partial charge >= 0.3 is 6.03 Å². The van der Waals surface area contributed by atoms with Gasteiger partial charge in [0, 0.05) is 19.2 Å². The van der Waals surface area contributed by atoms with Gasteiger partial charge in [-0.2, -0.15) is 0 Å². The summed E-state index contributed by atoms with van der Waals surface area (Å²) in [6, 6.07) is 2.41. The van der Waals surface area contributed by atoms with Crippen LogP contribution >= 0.6 is 0 Å². The van der Waals surface area contributed by atoms with Gasteiger partial charge in [0.1, 0.15) is 11.6 Å². The number of nitrogens with one attached hydrogen (secondary N) is 1. The largest absolute Gasteiger partial charge is 0.391 e. The SMILES string of the molecule is CN(C[C@H](O)C1CC1)C(=O)N[C@H](c1cc(F)ccc1F)C1CC1. The van der Waals surface area contributed by atoms with Crippen molar-refractivity contribution in [1.29, 1.82) is 0 Å². The number of hydrogen-bond donors (Lipinski definition) is 2. The number of nitrogens with zero attached hydrogens (tertiary/aromatic N) is 1. The smallest absolute Gasteiger partial charge is 0.317 e. The number of benzene rings is 1. The number of rotatable bonds is 6. The van der Waals surface area contributed by atoms with Crippen LogP contribution in [-0.2, 0) is 0 Å². The summed E-state index contributed by atoms with van der Waals surface area (Å²) in [4.78, 5) is 13.7. The Morgan fingerprint density at radius 2 is 1.96 bits per heavy atom. The molecule has 126 valence electrons. The molecule has 2 saturated carbocycles. The molecule has 0 heterocycles. The molecule has 2 atom stereocenters. The molecule has 1 aromatic carbocycles. The van der Waals surface area contributed by atoms with Crippen LogP contribution in [0.2, 0.25) is 0 Å². The number of aliphatic hydroxyl groups is 1. The summed E-state index contributed by atoms with van der Waals surface area (Å²) in [6.45, 7) is 0.250. The van der Waals surface area contributed by atoms with Gasteiger partial charge in [0.25, 0.3) is 0 Å². The molecule has 0 spiro atoms. The first-order valence-corrected chi connectivity index (χ1v) is 8.10. The first kappa shape index (κ1) is 16.2. The molecule has 2 aliphatic rings. The standard InChI is InChI=1S/C17H22F2N2O2/c1-21(9-15(22)10-2-3-10)17(23)20-16(11-4-5-11)13-8-12(18)6-7-14(13)19/h6-8,10-11,15-16,22H,2-5,9H2,1H3,(H,20,23)/t15-,16-/m0/s1. The van der Waals surface area contributed by atoms with Crippen molar-refractivity contribution in [2.75, 3.05) is 13.6 Å². The van der Waals surface area contributed by atoms with Gasteiger partial charge in [0.15, 0.2) is 0 Å². The van der Waals surface area contributed by atoms with Gasteiger partial charge in [0.2, 0.25) is 0 Å². The van der Waals surface area contributed by atoms with Gasteiger partial charge in [-0.05, 0) is 55.7 Å². The lowest BCUT2D eigenvalue weighted by atomic mass is 10.0. The maximum Gasteiger partial charge on any atom is 0.317 e. The molecule has 3 rings (SSSR count). The van der Waals surface area contributed by atoms with Crippen molar-refractivity contribution in [3.63, 3.8) is 0 Å². The Morgan fingerprint density at radius 1 is 1.30 bits per heavy atom. The molecule has 23 heavy (non-hydrogen) atoms. The molecular formula is C17H22F2N2O2. The Kier molecular flexibility index (Phi) is 4.53. The second kappa shape index (κ2) is 6.43. The van der Waals surface area contributed by atoms with Gasteiger partial charge in [-0.1, -0.05) is 0 Å². The maximum absolute atomic E-state index is 14.0. The number of halogens is 2. The molecule has 2 N–H and O–H groups in total. The van der Waals surface area contributed by atoms with Crippen LogP contribution in [0.15, 0.2) is 18.2 Å². The van der Waals surface area contributed by atoms with E-state index in [1.54, 1.807) is 7.05 Å².